The number of nitrogens with two attached hydrogens (primary N) is 1. The van der Waals surface area contributed by atoms with E-state index in [-0.39, 0.29) is 72.7 Å². The summed E-state index contributed by atoms with van der Waals surface area (Å²) in [7, 11) is -3.37. The molecular formula is C49H48F3N11O9S. The number of carbonyl (C=O) groups is 5. The van der Waals surface area contributed by atoms with Gasteiger partial charge in [0.2, 0.25) is 17.7 Å². The summed E-state index contributed by atoms with van der Waals surface area (Å²) in [5, 5.41) is 12.1. The van der Waals surface area contributed by atoms with Gasteiger partial charge in [0.15, 0.2) is 0 Å². The molecule has 7 heterocycles. The Kier molecular flexibility index (Phi) is 12.9. The molecule has 73 heavy (non-hydrogen) atoms. The lowest BCUT2D eigenvalue weighted by atomic mass is 10.0. The van der Waals surface area contributed by atoms with Crippen LogP contribution in [0.5, 0.6) is 5.75 Å². The van der Waals surface area contributed by atoms with Gasteiger partial charge in [0.05, 0.1) is 64.8 Å². The molecule has 0 aliphatic carbocycles. The number of morpholine rings is 1. The summed E-state index contributed by atoms with van der Waals surface area (Å²) in [5.41, 5.74) is 10.4. The number of imide groups is 2. The second-order valence-corrected chi connectivity index (χ2v) is 19.9. The quantitative estimate of drug-likeness (QED) is 0.126. The predicted octanol–water partition coefficient (Wildman–Crippen LogP) is 5.18. The normalized spacial score (nSPS) is 19.2. The maximum absolute atomic E-state index is 13.8. The summed E-state index contributed by atoms with van der Waals surface area (Å²) >= 11 is 0. The topological polar surface area (TPSA) is 246 Å². The van der Waals surface area contributed by atoms with E-state index < -0.39 is 63.5 Å². The fraction of sp³-hybridized carbons (Fsp3) is 0.347. The van der Waals surface area contributed by atoms with Crippen LogP contribution in [0, 0.1) is 5.82 Å². The molecule has 3 atom stereocenters. The van der Waals surface area contributed by atoms with Gasteiger partial charge in [0, 0.05) is 68.7 Å². The number of carbonyl (C=O) groups excluding carboxylic acids is 5. The summed E-state index contributed by atoms with van der Waals surface area (Å²) in [6.07, 6.45) is 5.30. The number of aromatic nitrogens is 5. The Morgan fingerprint density at radius 3 is 2.48 bits per heavy atom. The van der Waals surface area contributed by atoms with E-state index in [1.807, 2.05) is 20.5 Å². The van der Waals surface area contributed by atoms with Crippen LogP contribution < -0.4 is 25.4 Å². The summed E-state index contributed by atoms with van der Waals surface area (Å²) in [4.78, 5) is 74.6. The molecule has 6 aromatic rings. The van der Waals surface area contributed by atoms with Gasteiger partial charge >= 0.3 is 5.76 Å². The zero-order valence-electron chi connectivity index (χ0n) is 39.3. The third kappa shape index (κ3) is 9.31. The van der Waals surface area contributed by atoms with Crippen molar-refractivity contribution in [1.82, 2.24) is 39.7 Å². The highest BCUT2D eigenvalue weighted by Gasteiger charge is 2.46. The molecule has 0 bridgehead atoms. The fourth-order valence-corrected chi connectivity index (χ4v) is 10.6. The minimum absolute atomic E-state index is 0.0111. The number of pyridine rings is 1. The van der Waals surface area contributed by atoms with Gasteiger partial charge in [-0.15, -0.1) is 0 Å². The van der Waals surface area contributed by atoms with Crippen LogP contribution in [0.25, 0.3) is 33.3 Å². The number of amides is 5. The van der Waals surface area contributed by atoms with Crippen molar-refractivity contribution in [2.45, 2.75) is 69.1 Å². The summed E-state index contributed by atoms with van der Waals surface area (Å²) < 4.78 is 82.8. The Labute approximate surface area is 415 Å². The minimum atomic E-state index is -5.09. The van der Waals surface area contributed by atoms with Crippen LogP contribution in [-0.2, 0) is 36.2 Å². The summed E-state index contributed by atoms with van der Waals surface area (Å²) in [6, 6.07) is 13.5. The molecule has 5 amide bonds. The lowest BCUT2D eigenvalue weighted by Crippen LogP contribution is -2.54. The van der Waals surface area contributed by atoms with E-state index in [0.717, 1.165) is 4.90 Å². The van der Waals surface area contributed by atoms with Crippen molar-refractivity contribution in [3.63, 3.8) is 0 Å². The van der Waals surface area contributed by atoms with Gasteiger partial charge in [-0.1, -0.05) is 24.3 Å². The fourth-order valence-electron chi connectivity index (χ4n) is 9.99. The number of likely N-dealkylation sites (tertiary alicyclic amines) is 1. The van der Waals surface area contributed by atoms with Crippen LogP contribution >= 0.6 is 0 Å². The number of anilines is 3. The molecule has 380 valence electrons. The van der Waals surface area contributed by atoms with Crippen LogP contribution in [0.1, 0.15) is 77.5 Å². The average Bonchev–Trinajstić information content (AvgIpc) is 4.07. The van der Waals surface area contributed by atoms with Gasteiger partial charge in [0.1, 0.15) is 35.2 Å². The SMILES string of the molecule is C[C@H](Oc1cc(-c2nn(C)c3c(-c4cnn(C5CCN(C(=O)CC6CN(c7cccc8c7C(=O)N(C7CCC(=O)NC7=O)C8=O)CCO6)CC5)c4)cnc(N)c23)ccc1NS(=O)(=O)C(F)F)c1ccc(F)cc1. The first-order valence-electron chi connectivity index (χ1n) is 23.5. The van der Waals surface area contributed by atoms with E-state index >= 15 is 0 Å². The van der Waals surface area contributed by atoms with Crippen molar-refractivity contribution in [2.24, 2.45) is 7.05 Å². The van der Waals surface area contributed by atoms with Crippen molar-refractivity contribution < 1.29 is 55.0 Å². The highest BCUT2D eigenvalue weighted by molar-refractivity contribution is 7.93. The molecule has 0 radical (unpaired) electrons. The van der Waals surface area contributed by atoms with Crippen molar-refractivity contribution in [3.05, 3.63) is 102 Å². The van der Waals surface area contributed by atoms with Gasteiger partial charge < -0.3 is 25.0 Å². The number of nitrogens with one attached hydrogen (secondary N) is 2. The third-order valence-corrected chi connectivity index (χ3v) is 14.7. The molecule has 0 saturated carbocycles. The maximum Gasteiger partial charge on any atom is 0.355 e. The molecule has 4 aliphatic heterocycles. The first-order valence-corrected chi connectivity index (χ1v) is 25.0. The van der Waals surface area contributed by atoms with Crippen molar-refractivity contribution in [1.29, 1.82) is 0 Å². The summed E-state index contributed by atoms with van der Waals surface area (Å²) in [6.45, 7) is 3.53. The Morgan fingerprint density at radius 1 is 0.973 bits per heavy atom. The zero-order chi connectivity index (χ0) is 51.5. The van der Waals surface area contributed by atoms with Crippen LogP contribution in [0.3, 0.4) is 0 Å². The van der Waals surface area contributed by atoms with E-state index in [9.17, 15) is 45.6 Å². The standard InChI is InChI=1S/C49H48F3N11O9S/c1-26(27-6-9-30(50)10-7-27)72-38-20-28(8-11-35(38)58-73(69,70)49(51)52)43-42-44(59(2)57-43)34(23-54-45(42)53)29-22-55-62(24-29)31-14-16-60(17-15-31)40(65)21-32-25-61(18-19-71-32)36-5-3-4-33-41(36)48(68)63(47(33)67)37-12-13-39(64)56-46(37)66/h3-11,20,22-24,26,31-32,37,49,58H,12-19,21,25H2,1-2H3,(H2,53,54)(H,56,64,66)/t26-,32?,37?/m0/s1. The average molecular weight is 1020 g/mol. The summed E-state index contributed by atoms with van der Waals surface area (Å²) in [5.74, 6) is -6.60. The van der Waals surface area contributed by atoms with E-state index in [0.29, 0.717) is 77.0 Å². The minimum Gasteiger partial charge on any atom is -0.484 e. The molecule has 10 rings (SSSR count). The lowest BCUT2D eigenvalue weighted by molar-refractivity contribution is -0.137. The Morgan fingerprint density at radius 2 is 1.74 bits per heavy atom. The number of benzene rings is 3. The van der Waals surface area contributed by atoms with E-state index in [4.69, 9.17) is 25.4 Å². The Balaban J connectivity index is 0.813. The van der Waals surface area contributed by atoms with Crippen LogP contribution in [0.4, 0.5) is 30.4 Å². The number of nitrogen functional groups attached to an aromatic ring is 1. The van der Waals surface area contributed by atoms with Gasteiger partial charge in [-0.25, -0.2) is 17.8 Å². The number of sulfonamides is 1. The molecule has 3 saturated heterocycles. The second-order valence-electron chi connectivity index (χ2n) is 18.3. The van der Waals surface area contributed by atoms with E-state index in [2.05, 4.69) is 10.3 Å². The van der Waals surface area contributed by atoms with Crippen LogP contribution in [0.15, 0.2) is 79.3 Å². The number of rotatable bonds is 13. The number of alkyl halides is 2. The number of hydrogen-bond acceptors (Lipinski definition) is 14. The Hall–Kier alpha value is -7.86. The molecule has 4 N–H and O–H groups in total. The van der Waals surface area contributed by atoms with Crippen LogP contribution in [-0.4, -0.2) is 123 Å². The predicted molar refractivity (Wildman–Crippen MR) is 258 cm³/mol. The zero-order valence-corrected chi connectivity index (χ0v) is 40.2. The number of nitrogens with zero attached hydrogens (tertiary/aromatic N) is 8. The lowest BCUT2D eigenvalue weighted by Gasteiger charge is -2.37. The number of piperidine rings is 2. The van der Waals surface area contributed by atoms with Crippen molar-refractivity contribution >= 4 is 67.7 Å². The van der Waals surface area contributed by atoms with Gasteiger partial charge in [0.25, 0.3) is 21.8 Å². The molecule has 2 unspecified atom stereocenters. The maximum atomic E-state index is 13.8. The highest BCUT2D eigenvalue weighted by Crippen LogP contribution is 2.41. The number of aryl methyl sites for hydroxylation is 1. The molecular weight excluding hydrogens is 976 g/mol. The monoisotopic (exact) mass is 1020 g/mol. The molecule has 4 aliphatic rings. The van der Waals surface area contributed by atoms with Crippen LogP contribution in [0.2, 0.25) is 0 Å². The van der Waals surface area contributed by atoms with E-state index in [1.54, 1.807) is 54.1 Å². The van der Waals surface area contributed by atoms with Crippen molar-refractivity contribution in [3.8, 4) is 28.1 Å². The third-order valence-electron chi connectivity index (χ3n) is 13.7. The molecule has 24 heteroatoms. The van der Waals surface area contributed by atoms with Crippen molar-refractivity contribution in [2.75, 3.05) is 48.1 Å². The molecule has 20 nitrogen and oxygen atoms in total. The number of ether oxygens (including phenoxy) is 2. The largest absolute Gasteiger partial charge is 0.484 e. The smallest absolute Gasteiger partial charge is 0.355 e. The number of fused-ring (bicyclic) bond motifs is 2. The molecule has 0 spiro atoms. The second kappa shape index (κ2) is 19.3. The van der Waals surface area contributed by atoms with Gasteiger partial charge in [-0.2, -0.15) is 19.0 Å². The molecule has 3 aromatic heterocycles. The van der Waals surface area contributed by atoms with Gasteiger partial charge in [-0.3, -0.25) is 48.3 Å². The number of hydrogen-bond donors (Lipinski definition) is 3. The Bertz CT molecular complexity index is 3320. The number of halogens is 3. The molecule has 3 aromatic carbocycles. The van der Waals surface area contributed by atoms with Gasteiger partial charge in [-0.05, 0) is 68.1 Å². The molecule has 3 fully saturated rings. The highest BCUT2D eigenvalue weighted by atomic mass is 32.2. The first kappa shape index (κ1) is 48.8. The van der Waals surface area contributed by atoms with E-state index in [1.165, 1.54) is 42.5 Å². The first-order chi connectivity index (χ1) is 34.9.